The molecular formula is C14H16BrN3O3. The van der Waals surface area contributed by atoms with Crippen LogP contribution < -0.4 is 5.32 Å². The highest BCUT2D eigenvalue weighted by molar-refractivity contribution is 9.10. The Morgan fingerprint density at radius 3 is 2.90 bits per heavy atom. The molecule has 1 unspecified atom stereocenters. The van der Waals surface area contributed by atoms with Crippen molar-refractivity contribution in [3.63, 3.8) is 0 Å². The van der Waals surface area contributed by atoms with Crippen molar-refractivity contribution in [3.8, 4) is 11.3 Å². The van der Waals surface area contributed by atoms with E-state index >= 15 is 0 Å². The van der Waals surface area contributed by atoms with E-state index in [1.165, 1.54) is 12.1 Å². The van der Waals surface area contributed by atoms with Crippen molar-refractivity contribution in [2.24, 2.45) is 0 Å². The minimum absolute atomic E-state index is 0.000777. The third-order valence-corrected chi connectivity index (χ3v) is 3.43. The summed E-state index contributed by atoms with van der Waals surface area (Å²) >= 11 is 3.27. The number of hydrogen-bond donors (Lipinski definition) is 1. The monoisotopic (exact) mass is 353 g/mol. The van der Waals surface area contributed by atoms with Gasteiger partial charge in [0.25, 0.3) is 5.69 Å². The number of non-ortho nitro benzene ring substituents is 1. The van der Waals surface area contributed by atoms with Crippen molar-refractivity contribution in [1.82, 2.24) is 10.3 Å². The number of oxazole rings is 1. The molecule has 0 bridgehead atoms. The molecule has 1 aromatic heterocycles. The number of benzene rings is 1. The summed E-state index contributed by atoms with van der Waals surface area (Å²) in [5.41, 5.74) is 0.631. The predicted octanol–water partition coefficient (Wildman–Crippen LogP) is 4.07. The van der Waals surface area contributed by atoms with Crippen molar-refractivity contribution in [2.75, 3.05) is 6.54 Å². The molecule has 0 saturated heterocycles. The first-order valence-corrected chi connectivity index (χ1v) is 7.45. The Bertz CT molecular complexity index is 642. The molecule has 7 heteroatoms. The van der Waals surface area contributed by atoms with Crippen LogP contribution in [0.1, 0.15) is 32.2 Å². The zero-order chi connectivity index (χ0) is 15.4. The van der Waals surface area contributed by atoms with Gasteiger partial charge in [0, 0.05) is 22.2 Å². The van der Waals surface area contributed by atoms with Gasteiger partial charge < -0.3 is 9.73 Å². The van der Waals surface area contributed by atoms with Crippen LogP contribution >= 0.6 is 15.9 Å². The topological polar surface area (TPSA) is 81.2 Å². The summed E-state index contributed by atoms with van der Waals surface area (Å²) in [6, 6.07) is 4.69. The third-order valence-electron chi connectivity index (χ3n) is 2.97. The van der Waals surface area contributed by atoms with Crippen LogP contribution in [0.15, 0.2) is 33.3 Å². The molecule has 0 aliphatic rings. The summed E-state index contributed by atoms with van der Waals surface area (Å²) in [6.07, 6.45) is 2.61. The summed E-state index contributed by atoms with van der Waals surface area (Å²) in [4.78, 5) is 14.7. The number of aromatic nitrogens is 1. The van der Waals surface area contributed by atoms with Gasteiger partial charge in [0.05, 0.1) is 17.2 Å². The Hall–Kier alpha value is -1.73. The normalized spacial score (nSPS) is 12.3. The maximum absolute atomic E-state index is 10.9. The summed E-state index contributed by atoms with van der Waals surface area (Å²) in [5, 5.41) is 14.2. The van der Waals surface area contributed by atoms with Crippen molar-refractivity contribution in [2.45, 2.75) is 26.3 Å². The molecular weight excluding hydrogens is 338 g/mol. The van der Waals surface area contributed by atoms with Gasteiger partial charge in [0.2, 0.25) is 5.89 Å². The SMILES string of the molecule is CCCNC(C)c1ncc(-c2cc(Br)cc([N+](=O)[O-])c2)o1. The third kappa shape index (κ3) is 3.89. The van der Waals surface area contributed by atoms with E-state index in [4.69, 9.17) is 4.42 Å². The van der Waals surface area contributed by atoms with Gasteiger partial charge in [-0.05, 0) is 26.0 Å². The molecule has 1 atom stereocenters. The summed E-state index contributed by atoms with van der Waals surface area (Å²) in [7, 11) is 0. The fraction of sp³-hybridized carbons (Fsp3) is 0.357. The fourth-order valence-corrected chi connectivity index (χ4v) is 2.37. The van der Waals surface area contributed by atoms with E-state index in [9.17, 15) is 10.1 Å². The van der Waals surface area contributed by atoms with Gasteiger partial charge in [-0.25, -0.2) is 4.98 Å². The molecule has 0 amide bonds. The van der Waals surface area contributed by atoms with Gasteiger partial charge >= 0.3 is 0 Å². The maximum atomic E-state index is 10.9. The van der Waals surface area contributed by atoms with Gasteiger partial charge in [0.15, 0.2) is 5.76 Å². The molecule has 21 heavy (non-hydrogen) atoms. The van der Waals surface area contributed by atoms with Crippen LogP contribution in [0.25, 0.3) is 11.3 Å². The Morgan fingerprint density at radius 1 is 1.48 bits per heavy atom. The van der Waals surface area contributed by atoms with Crippen molar-refractivity contribution in [1.29, 1.82) is 0 Å². The van der Waals surface area contributed by atoms with Crippen LogP contribution in [0.5, 0.6) is 0 Å². The molecule has 2 aromatic rings. The zero-order valence-corrected chi connectivity index (χ0v) is 13.4. The molecule has 1 heterocycles. The fourth-order valence-electron chi connectivity index (χ4n) is 1.89. The molecule has 1 aromatic carbocycles. The second-order valence-electron chi connectivity index (χ2n) is 4.69. The van der Waals surface area contributed by atoms with E-state index in [1.54, 1.807) is 12.3 Å². The quantitative estimate of drug-likeness (QED) is 0.625. The number of hydrogen-bond acceptors (Lipinski definition) is 5. The molecule has 112 valence electrons. The molecule has 6 nitrogen and oxygen atoms in total. The van der Waals surface area contributed by atoms with E-state index in [0.29, 0.717) is 21.7 Å². The predicted molar refractivity (Wildman–Crippen MR) is 83.0 cm³/mol. The van der Waals surface area contributed by atoms with Crippen molar-refractivity contribution >= 4 is 21.6 Å². The molecule has 2 rings (SSSR count). The lowest BCUT2D eigenvalue weighted by Gasteiger charge is -2.08. The van der Waals surface area contributed by atoms with Gasteiger partial charge in [-0.1, -0.05) is 22.9 Å². The molecule has 0 aliphatic carbocycles. The van der Waals surface area contributed by atoms with Gasteiger partial charge in [-0.15, -0.1) is 0 Å². The Morgan fingerprint density at radius 2 is 2.24 bits per heavy atom. The lowest BCUT2D eigenvalue weighted by Crippen LogP contribution is -2.19. The van der Waals surface area contributed by atoms with E-state index in [0.717, 1.165) is 13.0 Å². The molecule has 0 fully saturated rings. The summed E-state index contributed by atoms with van der Waals surface area (Å²) in [5.74, 6) is 1.08. The lowest BCUT2D eigenvalue weighted by atomic mass is 10.1. The number of nitro benzene ring substituents is 1. The first kappa shape index (κ1) is 15.7. The van der Waals surface area contributed by atoms with Crippen LogP contribution in [-0.2, 0) is 0 Å². The van der Waals surface area contributed by atoms with Gasteiger partial charge in [0.1, 0.15) is 0 Å². The molecule has 0 aliphatic heterocycles. The average molecular weight is 354 g/mol. The smallest absolute Gasteiger partial charge is 0.271 e. The number of nitro groups is 1. The highest BCUT2D eigenvalue weighted by Gasteiger charge is 2.15. The van der Waals surface area contributed by atoms with Crippen LogP contribution in [0.4, 0.5) is 5.69 Å². The molecule has 0 spiro atoms. The number of rotatable bonds is 6. The number of nitrogens with one attached hydrogen (secondary N) is 1. The van der Waals surface area contributed by atoms with E-state index in [1.807, 2.05) is 6.92 Å². The summed E-state index contributed by atoms with van der Waals surface area (Å²) < 4.78 is 6.33. The first-order valence-electron chi connectivity index (χ1n) is 6.65. The van der Waals surface area contributed by atoms with E-state index < -0.39 is 4.92 Å². The van der Waals surface area contributed by atoms with Crippen LogP contribution in [0.2, 0.25) is 0 Å². The van der Waals surface area contributed by atoms with Crippen molar-refractivity contribution < 1.29 is 9.34 Å². The van der Waals surface area contributed by atoms with Crippen LogP contribution in [0.3, 0.4) is 0 Å². The minimum atomic E-state index is -0.434. The van der Waals surface area contributed by atoms with E-state index in [2.05, 4.69) is 33.2 Å². The Kier molecular flexibility index (Phi) is 5.08. The lowest BCUT2D eigenvalue weighted by molar-refractivity contribution is -0.384. The first-order chi connectivity index (χ1) is 10.0. The molecule has 0 radical (unpaired) electrons. The zero-order valence-electron chi connectivity index (χ0n) is 11.8. The maximum Gasteiger partial charge on any atom is 0.271 e. The average Bonchev–Trinajstić information content (AvgIpc) is 2.94. The minimum Gasteiger partial charge on any atom is -0.439 e. The number of nitrogens with zero attached hydrogens (tertiary/aromatic N) is 2. The molecule has 1 N–H and O–H groups in total. The Balaban J connectivity index is 2.27. The van der Waals surface area contributed by atoms with E-state index in [-0.39, 0.29) is 11.7 Å². The Labute approximate surface area is 130 Å². The highest BCUT2D eigenvalue weighted by Crippen LogP contribution is 2.30. The standard InChI is InChI=1S/C14H16BrN3O3/c1-3-4-16-9(2)14-17-8-13(21-14)10-5-11(15)7-12(6-10)18(19)20/h5-9,16H,3-4H2,1-2H3. The van der Waals surface area contributed by atoms with Crippen LogP contribution in [0, 0.1) is 10.1 Å². The largest absolute Gasteiger partial charge is 0.439 e. The second-order valence-corrected chi connectivity index (χ2v) is 5.61. The summed E-state index contributed by atoms with van der Waals surface area (Å²) in [6.45, 7) is 4.93. The highest BCUT2D eigenvalue weighted by atomic mass is 79.9. The molecule has 0 saturated carbocycles. The van der Waals surface area contributed by atoms with Gasteiger partial charge in [-0.2, -0.15) is 0 Å². The van der Waals surface area contributed by atoms with Crippen LogP contribution in [-0.4, -0.2) is 16.5 Å². The number of halogens is 1. The second kappa shape index (κ2) is 6.82. The van der Waals surface area contributed by atoms with Crippen molar-refractivity contribution in [3.05, 3.63) is 44.9 Å². The van der Waals surface area contributed by atoms with Gasteiger partial charge in [-0.3, -0.25) is 10.1 Å².